The molecule has 1 fully saturated rings. The molecule has 9 heteroatoms. The summed E-state index contributed by atoms with van der Waals surface area (Å²) in [6.07, 6.45) is 5.42. The molecule has 0 spiro atoms. The molecule has 106 valence electrons. The quantitative estimate of drug-likeness (QED) is 0.752. The highest BCUT2D eigenvalue weighted by Gasteiger charge is 2.25. The van der Waals surface area contributed by atoms with Gasteiger partial charge in [-0.25, -0.2) is 4.98 Å². The summed E-state index contributed by atoms with van der Waals surface area (Å²) in [6, 6.07) is 0.903. The molecule has 0 unspecified atom stereocenters. The summed E-state index contributed by atoms with van der Waals surface area (Å²) in [5.74, 6) is 0.386. The topological polar surface area (TPSA) is 108 Å². The van der Waals surface area contributed by atoms with Crippen molar-refractivity contribution in [3.63, 3.8) is 0 Å². The fraction of sp³-hybridized carbons (Fsp3) is 0.545. The van der Waals surface area contributed by atoms with E-state index in [0.717, 1.165) is 6.54 Å². The minimum atomic E-state index is 0.0936. The molecule has 2 N–H and O–H groups in total. The largest absolute Gasteiger partial charge is 0.462 e. The Kier molecular flexibility index (Phi) is 3.42. The Morgan fingerprint density at radius 3 is 2.95 bits per heavy atom. The van der Waals surface area contributed by atoms with Crippen molar-refractivity contribution in [2.45, 2.75) is 18.9 Å². The first-order chi connectivity index (χ1) is 9.72. The van der Waals surface area contributed by atoms with Crippen LogP contribution in [0.2, 0.25) is 0 Å². The second kappa shape index (κ2) is 5.37. The number of rotatable bonds is 6. The van der Waals surface area contributed by atoms with Crippen LogP contribution in [0.25, 0.3) is 5.95 Å². The van der Waals surface area contributed by atoms with Gasteiger partial charge in [0.1, 0.15) is 19.3 Å². The Bertz CT molecular complexity index is 568. The first-order valence-electron chi connectivity index (χ1n) is 6.42. The molecular formula is C11H16N8O. The molecule has 0 radical (unpaired) electrons. The van der Waals surface area contributed by atoms with Gasteiger partial charge in [-0.15, -0.1) is 0 Å². The molecule has 1 saturated carbocycles. The molecule has 1 aliphatic rings. The zero-order chi connectivity index (χ0) is 13.9. The van der Waals surface area contributed by atoms with Crippen LogP contribution < -0.4 is 10.5 Å². The molecule has 9 nitrogen and oxygen atoms in total. The third-order valence-electron chi connectivity index (χ3n) is 3.09. The SMILES string of the molecule is CN(CCOc1nc(N)nc(-n2cncn2)n1)C1CC1. The van der Waals surface area contributed by atoms with Crippen LogP contribution in [0.15, 0.2) is 12.7 Å². The summed E-state index contributed by atoms with van der Waals surface area (Å²) >= 11 is 0. The molecule has 20 heavy (non-hydrogen) atoms. The van der Waals surface area contributed by atoms with Gasteiger partial charge in [0.15, 0.2) is 0 Å². The van der Waals surface area contributed by atoms with Gasteiger partial charge in [0.25, 0.3) is 5.95 Å². The van der Waals surface area contributed by atoms with Crippen molar-refractivity contribution in [2.75, 3.05) is 25.9 Å². The monoisotopic (exact) mass is 276 g/mol. The second-order valence-electron chi connectivity index (χ2n) is 4.68. The lowest BCUT2D eigenvalue weighted by Gasteiger charge is -2.15. The molecule has 2 aromatic rings. The summed E-state index contributed by atoms with van der Waals surface area (Å²) < 4.78 is 6.93. The van der Waals surface area contributed by atoms with E-state index in [4.69, 9.17) is 10.5 Å². The summed E-state index contributed by atoms with van der Waals surface area (Å²) in [4.78, 5) is 18.2. The van der Waals surface area contributed by atoms with Gasteiger partial charge in [-0.3, -0.25) is 0 Å². The zero-order valence-electron chi connectivity index (χ0n) is 11.2. The maximum absolute atomic E-state index is 5.64. The fourth-order valence-electron chi connectivity index (χ4n) is 1.82. The van der Waals surface area contributed by atoms with Gasteiger partial charge in [0.05, 0.1) is 0 Å². The summed E-state index contributed by atoms with van der Waals surface area (Å²) in [5, 5.41) is 3.94. The Balaban J connectivity index is 1.63. The first-order valence-corrected chi connectivity index (χ1v) is 6.42. The number of ether oxygens (including phenoxy) is 1. The maximum Gasteiger partial charge on any atom is 0.323 e. The molecule has 0 amide bonds. The van der Waals surface area contributed by atoms with Gasteiger partial charge in [-0.1, -0.05) is 0 Å². The van der Waals surface area contributed by atoms with Crippen molar-refractivity contribution >= 4 is 5.95 Å². The van der Waals surface area contributed by atoms with Crippen molar-refractivity contribution < 1.29 is 4.74 Å². The molecule has 0 saturated heterocycles. The van der Waals surface area contributed by atoms with Crippen LogP contribution in [-0.4, -0.2) is 60.9 Å². The Morgan fingerprint density at radius 1 is 1.40 bits per heavy atom. The van der Waals surface area contributed by atoms with E-state index in [2.05, 4.69) is 37.0 Å². The van der Waals surface area contributed by atoms with Crippen LogP contribution in [-0.2, 0) is 0 Å². The number of nitrogen functional groups attached to an aromatic ring is 1. The van der Waals surface area contributed by atoms with Crippen LogP contribution in [0.5, 0.6) is 6.01 Å². The summed E-state index contributed by atoms with van der Waals surface area (Å²) in [7, 11) is 2.09. The molecular weight excluding hydrogens is 260 g/mol. The van der Waals surface area contributed by atoms with Crippen LogP contribution in [0.1, 0.15) is 12.8 Å². The van der Waals surface area contributed by atoms with Crippen molar-refractivity contribution in [3.05, 3.63) is 12.7 Å². The highest BCUT2D eigenvalue weighted by molar-refractivity contribution is 5.23. The molecule has 2 heterocycles. The Hall–Kier alpha value is -2.29. The first kappa shape index (κ1) is 12.7. The predicted molar refractivity (Wildman–Crippen MR) is 70.3 cm³/mol. The Labute approximate surface area is 115 Å². The lowest BCUT2D eigenvalue weighted by molar-refractivity contribution is 0.220. The number of hydrogen-bond acceptors (Lipinski definition) is 8. The number of aromatic nitrogens is 6. The number of anilines is 1. The maximum atomic E-state index is 5.64. The third-order valence-corrected chi connectivity index (χ3v) is 3.09. The number of nitrogens with two attached hydrogens (primary N) is 1. The average molecular weight is 276 g/mol. The third kappa shape index (κ3) is 2.99. The smallest absolute Gasteiger partial charge is 0.323 e. The number of nitrogens with zero attached hydrogens (tertiary/aromatic N) is 7. The van der Waals surface area contributed by atoms with Gasteiger partial charge < -0.3 is 15.4 Å². The molecule has 0 aromatic carbocycles. The normalized spacial score (nSPS) is 14.7. The van der Waals surface area contributed by atoms with Gasteiger partial charge in [0.2, 0.25) is 5.95 Å². The van der Waals surface area contributed by atoms with Crippen LogP contribution in [0, 0.1) is 0 Å². The molecule has 1 aliphatic carbocycles. The predicted octanol–water partition coefficient (Wildman–Crippen LogP) is -0.492. The standard InChI is InChI=1S/C11H16N8O/c1-18(8-2-3-8)4-5-20-11-16-9(12)15-10(17-11)19-7-13-6-14-19/h6-8H,2-5H2,1H3,(H2,12,15,16,17). The van der Waals surface area contributed by atoms with E-state index in [0.29, 0.717) is 18.6 Å². The lowest BCUT2D eigenvalue weighted by Crippen LogP contribution is -2.26. The molecule has 0 bridgehead atoms. The van der Waals surface area contributed by atoms with Crippen LogP contribution >= 0.6 is 0 Å². The van der Waals surface area contributed by atoms with E-state index in [-0.39, 0.29) is 12.0 Å². The van der Waals surface area contributed by atoms with Crippen molar-refractivity contribution in [3.8, 4) is 12.0 Å². The number of hydrogen-bond donors (Lipinski definition) is 1. The number of likely N-dealkylation sites (N-methyl/N-ethyl adjacent to an activating group) is 1. The van der Waals surface area contributed by atoms with Crippen molar-refractivity contribution in [1.29, 1.82) is 0 Å². The molecule has 2 aromatic heterocycles. The van der Waals surface area contributed by atoms with E-state index >= 15 is 0 Å². The van der Waals surface area contributed by atoms with E-state index in [9.17, 15) is 0 Å². The molecule has 3 rings (SSSR count). The van der Waals surface area contributed by atoms with Crippen molar-refractivity contribution in [1.82, 2.24) is 34.6 Å². The van der Waals surface area contributed by atoms with E-state index in [1.54, 1.807) is 0 Å². The fourth-order valence-corrected chi connectivity index (χ4v) is 1.82. The summed E-state index contributed by atoms with van der Waals surface area (Å²) in [6.45, 7) is 1.34. The lowest BCUT2D eigenvalue weighted by atomic mass is 10.5. The minimum Gasteiger partial charge on any atom is -0.462 e. The van der Waals surface area contributed by atoms with Crippen LogP contribution in [0.3, 0.4) is 0 Å². The Morgan fingerprint density at radius 2 is 2.25 bits per heavy atom. The van der Waals surface area contributed by atoms with E-state index in [1.165, 1.54) is 30.2 Å². The minimum absolute atomic E-state index is 0.0936. The van der Waals surface area contributed by atoms with E-state index in [1.807, 2.05) is 0 Å². The zero-order valence-corrected chi connectivity index (χ0v) is 11.2. The van der Waals surface area contributed by atoms with Gasteiger partial charge >= 0.3 is 6.01 Å². The van der Waals surface area contributed by atoms with Crippen LogP contribution in [0.4, 0.5) is 5.95 Å². The van der Waals surface area contributed by atoms with Crippen molar-refractivity contribution in [2.24, 2.45) is 0 Å². The van der Waals surface area contributed by atoms with Gasteiger partial charge in [-0.05, 0) is 19.9 Å². The highest BCUT2D eigenvalue weighted by Crippen LogP contribution is 2.24. The van der Waals surface area contributed by atoms with E-state index < -0.39 is 0 Å². The molecule has 0 aliphatic heterocycles. The summed E-state index contributed by atoms with van der Waals surface area (Å²) in [5.41, 5.74) is 5.64. The molecule has 0 atom stereocenters. The average Bonchev–Trinajstić information content (AvgIpc) is 3.13. The van der Waals surface area contributed by atoms with Gasteiger partial charge in [0, 0.05) is 12.6 Å². The second-order valence-corrected chi connectivity index (χ2v) is 4.68. The van der Waals surface area contributed by atoms with Gasteiger partial charge in [-0.2, -0.15) is 24.7 Å². The highest BCUT2D eigenvalue weighted by atomic mass is 16.5.